The zero-order valence-electron chi connectivity index (χ0n) is 14.1. The molecular formula is C20H20N2O2. The lowest BCUT2D eigenvalue weighted by atomic mass is 10.1. The van der Waals surface area contributed by atoms with E-state index >= 15 is 0 Å². The number of benzene rings is 2. The summed E-state index contributed by atoms with van der Waals surface area (Å²) in [7, 11) is 1.63. The molecule has 1 aliphatic heterocycles. The summed E-state index contributed by atoms with van der Waals surface area (Å²) >= 11 is 0. The van der Waals surface area contributed by atoms with Gasteiger partial charge in [-0.25, -0.2) is 4.99 Å². The fraction of sp³-hybridized carbons (Fsp3) is 0.200. The summed E-state index contributed by atoms with van der Waals surface area (Å²) in [5.74, 6) is 1.43. The Morgan fingerprint density at radius 1 is 1.08 bits per heavy atom. The molecule has 0 saturated heterocycles. The Morgan fingerprint density at radius 2 is 1.75 bits per heavy atom. The minimum atomic E-state index is -0.0697. The fourth-order valence-corrected chi connectivity index (χ4v) is 2.84. The number of carbonyl (C=O) groups is 1. The first kappa shape index (κ1) is 16.0. The number of carbonyl (C=O) groups excluding carboxylic acids is 1. The van der Waals surface area contributed by atoms with Crippen LogP contribution >= 0.6 is 0 Å². The van der Waals surface area contributed by atoms with Crippen molar-refractivity contribution >= 4 is 17.8 Å². The number of amidine groups is 1. The van der Waals surface area contributed by atoms with E-state index in [1.807, 2.05) is 74.5 Å². The zero-order valence-corrected chi connectivity index (χ0v) is 14.1. The largest absolute Gasteiger partial charge is 0.497 e. The monoisotopic (exact) mass is 320 g/mol. The van der Waals surface area contributed by atoms with Crippen molar-refractivity contribution in [1.29, 1.82) is 0 Å². The Balaban J connectivity index is 1.85. The van der Waals surface area contributed by atoms with Gasteiger partial charge in [0.25, 0.3) is 5.91 Å². The summed E-state index contributed by atoms with van der Waals surface area (Å²) < 4.78 is 5.15. The predicted octanol–water partition coefficient (Wildman–Crippen LogP) is 4.06. The highest BCUT2D eigenvalue weighted by Gasteiger charge is 2.31. The Labute approximate surface area is 142 Å². The Kier molecular flexibility index (Phi) is 4.47. The second kappa shape index (κ2) is 6.71. The maximum Gasteiger partial charge on any atom is 0.278 e. The van der Waals surface area contributed by atoms with E-state index in [0.29, 0.717) is 5.70 Å². The molecule has 0 unspecified atom stereocenters. The van der Waals surface area contributed by atoms with E-state index in [2.05, 4.69) is 4.99 Å². The van der Waals surface area contributed by atoms with Gasteiger partial charge in [-0.3, -0.25) is 9.69 Å². The molecule has 0 spiro atoms. The summed E-state index contributed by atoms with van der Waals surface area (Å²) in [4.78, 5) is 19.0. The van der Waals surface area contributed by atoms with Crippen molar-refractivity contribution < 1.29 is 9.53 Å². The van der Waals surface area contributed by atoms with Crippen LogP contribution in [-0.2, 0) is 4.79 Å². The third-order valence-corrected chi connectivity index (χ3v) is 4.16. The van der Waals surface area contributed by atoms with Crippen LogP contribution in [-0.4, -0.2) is 23.8 Å². The summed E-state index contributed by atoms with van der Waals surface area (Å²) in [5, 5.41) is 0. The first-order chi connectivity index (χ1) is 11.6. The summed E-state index contributed by atoms with van der Waals surface area (Å²) in [6.45, 7) is 3.88. The van der Waals surface area contributed by atoms with Gasteiger partial charge in [0.2, 0.25) is 0 Å². The first-order valence-corrected chi connectivity index (χ1v) is 7.89. The zero-order chi connectivity index (χ0) is 17.1. The van der Waals surface area contributed by atoms with Gasteiger partial charge >= 0.3 is 0 Å². The smallest absolute Gasteiger partial charge is 0.278 e. The SMILES string of the molecule is COc1ccc(/C=C2\N=C(C)N([C@@H](C)c3ccccc3)C2=O)cc1. The Hall–Kier alpha value is -2.88. The normalized spacial score (nSPS) is 17.1. The van der Waals surface area contributed by atoms with Gasteiger partial charge in [0, 0.05) is 0 Å². The quantitative estimate of drug-likeness (QED) is 0.797. The van der Waals surface area contributed by atoms with Gasteiger partial charge in [-0.1, -0.05) is 42.5 Å². The van der Waals surface area contributed by atoms with Crippen LogP contribution in [0.3, 0.4) is 0 Å². The van der Waals surface area contributed by atoms with Gasteiger partial charge in [0.05, 0.1) is 13.2 Å². The van der Waals surface area contributed by atoms with Gasteiger partial charge < -0.3 is 4.74 Å². The fourth-order valence-electron chi connectivity index (χ4n) is 2.84. The van der Waals surface area contributed by atoms with Gasteiger partial charge in [-0.15, -0.1) is 0 Å². The van der Waals surface area contributed by atoms with Gasteiger partial charge in [0.15, 0.2) is 0 Å². The third kappa shape index (κ3) is 3.08. The van der Waals surface area contributed by atoms with E-state index in [1.54, 1.807) is 12.0 Å². The maximum absolute atomic E-state index is 12.8. The van der Waals surface area contributed by atoms with Crippen LogP contribution in [0, 0.1) is 0 Å². The average molecular weight is 320 g/mol. The van der Waals surface area contributed by atoms with E-state index in [0.717, 1.165) is 22.7 Å². The number of ether oxygens (including phenoxy) is 1. The lowest BCUT2D eigenvalue weighted by molar-refractivity contribution is -0.124. The van der Waals surface area contributed by atoms with Crippen molar-refractivity contribution in [2.24, 2.45) is 4.99 Å². The molecule has 4 nitrogen and oxygen atoms in total. The summed E-state index contributed by atoms with van der Waals surface area (Å²) in [6.07, 6.45) is 1.81. The van der Waals surface area contributed by atoms with Crippen molar-refractivity contribution in [2.45, 2.75) is 19.9 Å². The lowest BCUT2D eigenvalue weighted by Crippen LogP contribution is -2.33. The molecule has 0 aromatic heterocycles. The minimum Gasteiger partial charge on any atom is -0.497 e. The number of hydrogen-bond donors (Lipinski definition) is 0. The van der Waals surface area contributed by atoms with Crippen LogP contribution in [0.4, 0.5) is 0 Å². The second-order valence-electron chi connectivity index (χ2n) is 5.72. The van der Waals surface area contributed by atoms with Crippen molar-refractivity contribution in [3.05, 3.63) is 71.4 Å². The molecule has 2 aromatic rings. The summed E-state index contributed by atoms with van der Waals surface area (Å²) in [6, 6.07) is 17.5. The van der Waals surface area contributed by atoms with Crippen LogP contribution < -0.4 is 4.74 Å². The van der Waals surface area contributed by atoms with Crippen LogP contribution in [0.25, 0.3) is 6.08 Å². The summed E-state index contributed by atoms with van der Waals surface area (Å²) in [5.41, 5.74) is 2.47. The molecule has 1 amide bonds. The Bertz CT molecular complexity index is 792. The number of hydrogen-bond acceptors (Lipinski definition) is 3. The molecule has 3 rings (SSSR count). The number of rotatable bonds is 4. The van der Waals surface area contributed by atoms with E-state index in [9.17, 15) is 4.79 Å². The number of amides is 1. The van der Waals surface area contributed by atoms with Crippen molar-refractivity contribution in [2.75, 3.05) is 7.11 Å². The van der Waals surface area contributed by atoms with Crippen molar-refractivity contribution in [1.82, 2.24) is 4.90 Å². The standard InChI is InChI=1S/C20H20N2O2/c1-14(17-7-5-4-6-8-17)22-15(2)21-19(20(22)23)13-16-9-11-18(24-3)12-10-16/h4-14H,1-3H3/b19-13-/t14-/m0/s1. The van der Waals surface area contributed by atoms with Crippen molar-refractivity contribution in [3.63, 3.8) is 0 Å². The first-order valence-electron chi connectivity index (χ1n) is 7.89. The molecule has 0 N–H and O–H groups in total. The molecule has 0 bridgehead atoms. The molecule has 4 heteroatoms. The van der Waals surface area contributed by atoms with E-state index in [4.69, 9.17) is 4.74 Å². The average Bonchev–Trinajstić information content (AvgIpc) is 2.89. The number of methoxy groups -OCH3 is 1. The Morgan fingerprint density at radius 3 is 2.38 bits per heavy atom. The molecule has 24 heavy (non-hydrogen) atoms. The highest BCUT2D eigenvalue weighted by molar-refractivity contribution is 6.13. The van der Waals surface area contributed by atoms with E-state index in [1.165, 1.54) is 0 Å². The maximum atomic E-state index is 12.8. The van der Waals surface area contributed by atoms with Gasteiger partial charge in [0.1, 0.15) is 17.3 Å². The topological polar surface area (TPSA) is 41.9 Å². The van der Waals surface area contributed by atoms with Crippen LogP contribution in [0.5, 0.6) is 5.75 Å². The second-order valence-corrected chi connectivity index (χ2v) is 5.72. The lowest BCUT2D eigenvalue weighted by Gasteiger charge is -2.24. The molecule has 1 aliphatic rings. The molecule has 0 radical (unpaired) electrons. The molecule has 122 valence electrons. The van der Waals surface area contributed by atoms with Crippen LogP contribution in [0.1, 0.15) is 31.0 Å². The van der Waals surface area contributed by atoms with Crippen molar-refractivity contribution in [3.8, 4) is 5.75 Å². The number of aliphatic imine (C=N–C) groups is 1. The van der Waals surface area contributed by atoms with E-state index in [-0.39, 0.29) is 11.9 Å². The molecule has 0 saturated carbocycles. The molecule has 0 aliphatic carbocycles. The van der Waals surface area contributed by atoms with Crippen LogP contribution in [0.15, 0.2) is 65.3 Å². The van der Waals surface area contributed by atoms with Crippen LogP contribution in [0.2, 0.25) is 0 Å². The van der Waals surface area contributed by atoms with Gasteiger partial charge in [-0.05, 0) is 43.2 Å². The minimum absolute atomic E-state index is 0.0517. The van der Waals surface area contributed by atoms with E-state index < -0.39 is 0 Å². The highest BCUT2D eigenvalue weighted by atomic mass is 16.5. The highest BCUT2D eigenvalue weighted by Crippen LogP contribution is 2.28. The molecule has 0 fully saturated rings. The predicted molar refractivity (Wildman–Crippen MR) is 95.8 cm³/mol. The molecule has 1 heterocycles. The molecule has 1 atom stereocenters. The molecule has 2 aromatic carbocycles. The number of nitrogens with zero attached hydrogens (tertiary/aromatic N) is 2. The molecular weight excluding hydrogens is 300 g/mol. The third-order valence-electron chi connectivity index (χ3n) is 4.16. The van der Waals surface area contributed by atoms with Gasteiger partial charge in [-0.2, -0.15) is 0 Å².